The van der Waals surface area contributed by atoms with Gasteiger partial charge in [-0.3, -0.25) is 24.6 Å². The second-order valence-corrected chi connectivity index (χ2v) is 7.61. The molecule has 31 heavy (non-hydrogen) atoms. The second kappa shape index (κ2) is 10.7. The first kappa shape index (κ1) is 24.1. The molecule has 0 aromatic carbocycles. The van der Waals surface area contributed by atoms with Crippen molar-refractivity contribution in [2.75, 3.05) is 6.54 Å². The molecule has 0 saturated heterocycles. The number of hydrazine groups is 1. The molecule has 2 heterocycles. The number of alkyl halides is 2. The van der Waals surface area contributed by atoms with E-state index < -0.39 is 35.3 Å². The number of hydrogen-bond acceptors (Lipinski definition) is 5. The third kappa shape index (κ3) is 6.92. The number of nitrogens with two attached hydrogens (primary N) is 1. The first-order chi connectivity index (χ1) is 14.6. The molecular formula is C19H24ClFN6O4. The topological polar surface area (TPSA) is 139 Å². The van der Waals surface area contributed by atoms with E-state index in [1.807, 2.05) is 13.8 Å². The van der Waals surface area contributed by atoms with Crippen LogP contribution in [0.1, 0.15) is 37.2 Å². The Hall–Kier alpha value is -3.21. The van der Waals surface area contributed by atoms with E-state index in [0.29, 0.717) is 10.7 Å². The van der Waals surface area contributed by atoms with Crippen LogP contribution >= 0.6 is 11.6 Å². The Morgan fingerprint density at radius 2 is 2.00 bits per heavy atom. The third-order valence-corrected chi connectivity index (χ3v) is 4.39. The molecule has 0 spiro atoms. The molecule has 0 saturated carbocycles. The van der Waals surface area contributed by atoms with Gasteiger partial charge in [-0.25, -0.2) is 14.4 Å². The lowest BCUT2D eigenvalue weighted by atomic mass is 10.0. The highest BCUT2D eigenvalue weighted by molar-refractivity contribution is 6.29. The summed E-state index contributed by atoms with van der Waals surface area (Å²) in [7, 11) is 0. The number of nitrogens with one attached hydrogen (secondary N) is 2. The number of hydrogen-bond donors (Lipinski definition) is 3. The summed E-state index contributed by atoms with van der Waals surface area (Å²) < 4.78 is 14.9. The van der Waals surface area contributed by atoms with Crippen LogP contribution < -0.4 is 16.5 Å². The number of primary amides is 1. The molecule has 2 aromatic rings. The fraction of sp³-hybridized carbons (Fsp3) is 0.421. The predicted octanol–water partition coefficient (Wildman–Crippen LogP) is 0.748. The molecule has 2 atom stereocenters. The molecular weight excluding hydrogens is 431 g/mol. The number of imidazole rings is 1. The highest BCUT2D eigenvalue weighted by Gasteiger charge is 2.29. The van der Waals surface area contributed by atoms with Crippen LogP contribution in [0.3, 0.4) is 0 Å². The molecule has 10 nitrogen and oxygen atoms in total. The molecule has 0 aliphatic rings. The molecule has 0 radical (unpaired) electrons. The smallest absolute Gasteiger partial charge is 0.291 e. The lowest BCUT2D eigenvalue weighted by Gasteiger charge is -2.26. The van der Waals surface area contributed by atoms with Crippen LogP contribution in [0, 0.1) is 5.92 Å². The SMILES string of the molecule is CC(C)C[C@H](NC(=O)c1cn2ccccc2n1)C(=O)NN(CCC(N)=O)C(=O)C(F)Cl. The Balaban J connectivity index is 2.16. The standard InChI is InChI=1S/C19H24ClFN6O4/c1-11(2)9-12(18(30)25-27(8-6-14(22)28)19(31)16(20)21)24-17(29)13-10-26-7-4-3-5-15(26)23-13/h3-5,7,10-12,16H,6,8-9H2,1-2H3,(H2,22,28)(H,24,29)(H,25,30)/t12-,16?/m0/s1. The molecule has 0 aliphatic heterocycles. The third-order valence-electron chi connectivity index (χ3n) is 4.21. The second-order valence-electron chi connectivity index (χ2n) is 7.23. The maximum absolute atomic E-state index is 13.3. The lowest BCUT2D eigenvalue weighted by molar-refractivity contribution is -0.144. The number of carbonyl (C=O) groups excluding carboxylic acids is 4. The zero-order valence-corrected chi connectivity index (χ0v) is 17.8. The predicted molar refractivity (Wildman–Crippen MR) is 110 cm³/mol. The van der Waals surface area contributed by atoms with Gasteiger partial charge in [-0.1, -0.05) is 31.5 Å². The maximum atomic E-state index is 13.3. The minimum atomic E-state index is -2.43. The van der Waals surface area contributed by atoms with Crippen molar-refractivity contribution in [2.45, 2.75) is 38.4 Å². The van der Waals surface area contributed by atoms with E-state index in [1.165, 1.54) is 6.20 Å². The van der Waals surface area contributed by atoms with Crippen molar-refractivity contribution < 1.29 is 23.6 Å². The summed E-state index contributed by atoms with van der Waals surface area (Å²) in [4.78, 5) is 52.6. The van der Waals surface area contributed by atoms with Crippen molar-refractivity contribution in [3.8, 4) is 0 Å². The van der Waals surface area contributed by atoms with Gasteiger partial charge in [0.15, 0.2) is 0 Å². The summed E-state index contributed by atoms with van der Waals surface area (Å²) in [6, 6.07) is 4.20. The maximum Gasteiger partial charge on any atom is 0.291 e. The quantitative estimate of drug-likeness (QED) is 0.379. The van der Waals surface area contributed by atoms with E-state index in [0.717, 1.165) is 0 Å². The van der Waals surface area contributed by atoms with E-state index >= 15 is 0 Å². The van der Waals surface area contributed by atoms with Crippen LogP contribution in [-0.2, 0) is 14.4 Å². The Kier molecular flexibility index (Phi) is 8.31. The van der Waals surface area contributed by atoms with E-state index in [9.17, 15) is 23.6 Å². The summed E-state index contributed by atoms with van der Waals surface area (Å²) in [5.74, 6) is -3.39. The van der Waals surface area contributed by atoms with Gasteiger partial charge in [0.05, 0.1) is 6.54 Å². The van der Waals surface area contributed by atoms with Gasteiger partial charge in [0.1, 0.15) is 17.4 Å². The van der Waals surface area contributed by atoms with Gasteiger partial charge < -0.3 is 15.5 Å². The zero-order chi connectivity index (χ0) is 23.1. The molecule has 12 heteroatoms. The van der Waals surface area contributed by atoms with Crippen LogP contribution in [0.5, 0.6) is 0 Å². The van der Waals surface area contributed by atoms with E-state index in [-0.39, 0.29) is 31.0 Å². The molecule has 2 rings (SSSR count). The van der Waals surface area contributed by atoms with Gasteiger partial charge in [-0.05, 0) is 24.5 Å². The van der Waals surface area contributed by atoms with Gasteiger partial charge in [0.25, 0.3) is 23.4 Å². The fourth-order valence-corrected chi connectivity index (χ4v) is 2.87. The number of carbonyl (C=O) groups is 4. The largest absolute Gasteiger partial charge is 0.370 e. The summed E-state index contributed by atoms with van der Waals surface area (Å²) >= 11 is 5.18. The minimum Gasteiger partial charge on any atom is -0.370 e. The number of rotatable bonds is 9. The minimum absolute atomic E-state index is 0.00570. The zero-order valence-electron chi connectivity index (χ0n) is 17.0. The van der Waals surface area contributed by atoms with E-state index in [2.05, 4.69) is 15.7 Å². The van der Waals surface area contributed by atoms with Crippen molar-refractivity contribution >= 4 is 40.9 Å². The first-order valence-electron chi connectivity index (χ1n) is 9.51. The Bertz CT molecular complexity index is 931. The molecule has 1 unspecified atom stereocenters. The average molecular weight is 455 g/mol. The van der Waals surface area contributed by atoms with Crippen molar-refractivity contribution in [1.82, 2.24) is 25.1 Å². The fourth-order valence-electron chi connectivity index (χ4n) is 2.75. The summed E-state index contributed by atoms with van der Waals surface area (Å²) in [6.45, 7) is 3.30. The van der Waals surface area contributed by atoms with Crippen LogP contribution in [0.4, 0.5) is 4.39 Å². The van der Waals surface area contributed by atoms with Crippen LogP contribution in [0.15, 0.2) is 30.6 Å². The van der Waals surface area contributed by atoms with Gasteiger partial charge in [0.2, 0.25) is 5.91 Å². The summed E-state index contributed by atoms with van der Waals surface area (Å²) in [5, 5.41) is 3.16. The van der Waals surface area contributed by atoms with Gasteiger partial charge >= 0.3 is 0 Å². The highest BCUT2D eigenvalue weighted by atomic mass is 35.5. The summed E-state index contributed by atoms with van der Waals surface area (Å²) in [6.07, 6.45) is 3.14. The highest BCUT2D eigenvalue weighted by Crippen LogP contribution is 2.10. The van der Waals surface area contributed by atoms with Gasteiger partial charge in [-0.15, -0.1) is 0 Å². The number of aromatic nitrogens is 2. The number of nitrogens with zero attached hydrogens (tertiary/aromatic N) is 3. The first-order valence-corrected chi connectivity index (χ1v) is 9.95. The van der Waals surface area contributed by atoms with E-state index in [1.54, 1.807) is 28.8 Å². The lowest BCUT2D eigenvalue weighted by Crippen LogP contribution is -2.56. The van der Waals surface area contributed by atoms with Crippen molar-refractivity contribution in [3.63, 3.8) is 0 Å². The van der Waals surface area contributed by atoms with Gasteiger partial charge in [-0.2, -0.15) is 0 Å². The van der Waals surface area contributed by atoms with Crippen LogP contribution in [0.2, 0.25) is 0 Å². The average Bonchev–Trinajstić information content (AvgIpc) is 3.13. The monoisotopic (exact) mass is 454 g/mol. The molecule has 168 valence electrons. The van der Waals surface area contributed by atoms with Crippen molar-refractivity contribution in [3.05, 3.63) is 36.3 Å². The Morgan fingerprint density at radius 3 is 2.58 bits per heavy atom. The normalized spacial score (nSPS) is 12.9. The molecule has 0 aliphatic carbocycles. The van der Waals surface area contributed by atoms with Crippen molar-refractivity contribution in [2.24, 2.45) is 11.7 Å². The number of pyridine rings is 1. The van der Waals surface area contributed by atoms with E-state index in [4.69, 9.17) is 17.3 Å². The Labute approximate surface area is 182 Å². The van der Waals surface area contributed by atoms with Crippen LogP contribution in [-0.4, -0.2) is 56.2 Å². The summed E-state index contributed by atoms with van der Waals surface area (Å²) in [5.41, 5.74) is 5.49. The number of amides is 4. The number of halogens is 2. The molecule has 0 fully saturated rings. The molecule has 4 N–H and O–H groups in total. The number of fused-ring (bicyclic) bond motifs is 1. The van der Waals surface area contributed by atoms with Crippen LogP contribution in [0.25, 0.3) is 5.65 Å². The molecule has 4 amide bonds. The molecule has 2 aromatic heterocycles. The van der Waals surface area contributed by atoms with Gasteiger partial charge in [0, 0.05) is 18.8 Å². The Morgan fingerprint density at radius 1 is 1.29 bits per heavy atom. The van der Waals surface area contributed by atoms with Crippen molar-refractivity contribution in [1.29, 1.82) is 0 Å². The molecule has 0 bridgehead atoms.